The van der Waals surface area contributed by atoms with E-state index in [2.05, 4.69) is 66.8 Å². The summed E-state index contributed by atoms with van der Waals surface area (Å²) in [6.45, 7) is 0.204. The molecule has 1 saturated carbocycles. The van der Waals surface area contributed by atoms with Gasteiger partial charge < -0.3 is 20.4 Å². The van der Waals surface area contributed by atoms with E-state index in [0.717, 1.165) is 60.9 Å². The van der Waals surface area contributed by atoms with Crippen LogP contribution in [-0.2, 0) is 16.6 Å². The zero-order valence-electron chi connectivity index (χ0n) is 30.5. The van der Waals surface area contributed by atoms with Gasteiger partial charge in [0.05, 0.1) is 12.5 Å². The predicted molar refractivity (Wildman–Crippen MR) is 208 cm³/mol. The molecule has 52 heavy (non-hydrogen) atoms. The van der Waals surface area contributed by atoms with Crippen molar-refractivity contribution in [1.29, 1.82) is 0 Å². The SMILES string of the molecule is O=C(O)[C@H]1CC=CC[C@H](CCCCCC[C@H]2C=C(CO)CC2)[C@H](c2ccc(O)cc2)Cc2cccc(c2)[C@@]12CC[C@@H]1C=c3ccccc3=C(O)[C@H]1C2. The summed E-state index contributed by atoms with van der Waals surface area (Å²) in [7, 11) is 0. The van der Waals surface area contributed by atoms with E-state index < -0.39 is 17.3 Å². The number of allylic oxidation sites excluding steroid dienone is 3. The molecule has 0 unspecified atom stereocenters. The van der Waals surface area contributed by atoms with Crippen molar-refractivity contribution in [3.63, 3.8) is 0 Å². The van der Waals surface area contributed by atoms with E-state index in [1.165, 1.54) is 48.8 Å². The van der Waals surface area contributed by atoms with E-state index in [9.17, 15) is 25.2 Å². The lowest BCUT2D eigenvalue weighted by atomic mass is 9.55. The Kier molecular flexibility index (Phi) is 11.4. The molecule has 4 aliphatic carbocycles. The number of aromatic hydroxyl groups is 1. The average molecular weight is 701 g/mol. The van der Waals surface area contributed by atoms with E-state index in [1.54, 1.807) is 0 Å². The van der Waals surface area contributed by atoms with Crippen LogP contribution in [0.1, 0.15) is 106 Å². The molecule has 0 aliphatic heterocycles. The Balaban J connectivity index is 1.16. The number of carboxylic acid groups (broad SMARTS) is 1. The molecule has 0 heterocycles. The van der Waals surface area contributed by atoms with Gasteiger partial charge in [-0.2, -0.15) is 0 Å². The van der Waals surface area contributed by atoms with Gasteiger partial charge in [0.1, 0.15) is 11.5 Å². The summed E-state index contributed by atoms with van der Waals surface area (Å²) in [5.41, 5.74) is 4.13. The lowest BCUT2D eigenvalue weighted by Crippen LogP contribution is -2.48. The molecule has 0 amide bonds. The maximum atomic E-state index is 13.3. The van der Waals surface area contributed by atoms with Crippen LogP contribution in [0.15, 0.2) is 96.6 Å². The van der Waals surface area contributed by atoms with Crippen LogP contribution >= 0.6 is 0 Å². The van der Waals surface area contributed by atoms with Crippen LogP contribution < -0.4 is 10.4 Å². The van der Waals surface area contributed by atoms with Crippen LogP contribution in [0.4, 0.5) is 0 Å². The highest BCUT2D eigenvalue weighted by Gasteiger charge is 2.50. The number of unbranched alkanes of at least 4 members (excludes halogenated alkanes) is 3. The fourth-order valence-corrected chi connectivity index (χ4v) is 10.3. The third kappa shape index (κ3) is 7.81. The Labute approximate surface area is 309 Å². The number of phenols is 1. The monoisotopic (exact) mass is 700 g/mol. The van der Waals surface area contributed by atoms with Crippen molar-refractivity contribution in [3.8, 4) is 5.75 Å². The van der Waals surface area contributed by atoms with E-state index in [1.807, 2.05) is 30.3 Å². The molecule has 0 saturated heterocycles. The fraction of sp³-hybridized carbons (Fsp3) is 0.468. The molecule has 0 aromatic heterocycles. The van der Waals surface area contributed by atoms with Crippen molar-refractivity contribution in [2.24, 2.45) is 29.6 Å². The number of hydrogen-bond acceptors (Lipinski definition) is 4. The molecule has 4 N–H and O–H groups in total. The maximum Gasteiger partial charge on any atom is 0.307 e. The second-order valence-corrected chi connectivity index (χ2v) is 16.3. The number of rotatable bonds is 10. The van der Waals surface area contributed by atoms with Gasteiger partial charge in [-0.1, -0.05) is 111 Å². The molecule has 0 radical (unpaired) electrons. The highest BCUT2D eigenvalue weighted by Crippen LogP contribution is 2.53. The molecule has 274 valence electrons. The number of aliphatic hydroxyl groups excluding tert-OH is 2. The lowest BCUT2D eigenvalue weighted by Gasteiger charge is -2.48. The van der Waals surface area contributed by atoms with Crippen LogP contribution in [-0.4, -0.2) is 33.0 Å². The van der Waals surface area contributed by atoms with Gasteiger partial charge in [0.2, 0.25) is 0 Å². The van der Waals surface area contributed by atoms with Gasteiger partial charge in [-0.25, -0.2) is 0 Å². The van der Waals surface area contributed by atoms with E-state index in [4.69, 9.17) is 0 Å². The van der Waals surface area contributed by atoms with Crippen molar-refractivity contribution in [2.45, 2.75) is 101 Å². The van der Waals surface area contributed by atoms with Crippen molar-refractivity contribution in [2.75, 3.05) is 6.61 Å². The van der Waals surface area contributed by atoms with Crippen molar-refractivity contribution in [3.05, 3.63) is 124 Å². The van der Waals surface area contributed by atoms with Crippen LogP contribution in [0.3, 0.4) is 0 Å². The van der Waals surface area contributed by atoms with E-state index in [0.29, 0.717) is 30.4 Å². The molecule has 5 nitrogen and oxygen atoms in total. The lowest BCUT2D eigenvalue weighted by molar-refractivity contribution is -0.145. The molecular weight excluding hydrogens is 645 g/mol. The molecule has 5 heteroatoms. The minimum absolute atomic E-state index is 0.118. The Morgan fingerprint density at radius 3 is 2.38 bits per heavy atom. The largest absolute Gasteiger partial charge is 0.511 e. The summed E-state index contributed by atoms with van der Waals surface area (Å²) in [4.78, 5) is 13.3. The number of aliphatic hydroxyl groups is 2. The molecule has 7 atom stereocenters. The maximum absolute atomic E-state index is 13.3. The number of carbonyl (C=O) groups is 1. The number of benzene rings is 3. The first-order valence-corrected chi connectivity index (χ1v) is 19.9. The van der Waals surface area contributed by atoms with Crippen molar-refractivity contribution >= 4 is 17.8 Å². The van der Waals surface area contributed by atoms with Crippen LogP contribution in [0.2, 0.25) is 0 Å². The average Bonchev–Trinajstić information content (AvgIpc) is 3.63. The second-order valence-electron chi connectivity index (χ2n) is 16.3. The number of hydrogen-bond donors (Lipinski definition) is 4. The minimum Gasteiger partial charge on any atom is -0.511 e. The third-order valence-corrected chi connectivity index (χ3v) is 13.2. The van der Waals surface area contributed by atoms with Gasteiger partial charge in [0.15, 0.2) is 0 Å². The molecule has 7 rings (SSSR count). The molecule has 3 aromatic carbocycles. The smallest absolute Gasteiger partial charge is 0.307 e. The van der Waals surface area contributed by atoms with Crippen LogP contribution in [0, 0.1) is 29.6 Å². The van der Waals surface area contributed by atoms with Crippen molar-refractivity contribution < 1.29 is 25.2 Å². The molecule has 1 spiro atoms. The summed E-state index contributed by atoms with van der Waals surface area (Å²) in [5, 5.41) is 44.2. The zero-order chi connectivity index (χ0) is 36.1. The van der Waals surface area contributed by atoms with Crippen LogP contribution in [0.5, 0.6) is 5.75 Å². The first-order chi connectivity index (χ1) is 25.3. The van der Waals surface area contributed by atoms with Gasteiger partial charge in [-0.05, 0) is 127 Å². The predicted octanol–water partition coefficient (Wildman–Crippen LogP) is 8.87. The molecule has 3 aromatic rings. The second kappa shape index (κ2) is 16.3. The number of aliphatic carboxylic acids is 1. The Morgan fingerprint density at radius 2 is 1.60 bits per heavy atom. The summed E-state index contributed by atoms with van der Waals surface area (Å²) in [5.74, 6) is 0.655. The summed E-state index contributed by atoms with van der Waals surface area (Å²) >= 11 is 0. The van der Waals surface area contributed by atoms with E-state index >= 15 is 0 Å². The van der Waals surface area contributed by atoms with Gasteiger partial charge in [0, 0.05) is 16.6 Å². The van der Waals surface area contributed by atoms with Gasteiger partial charge in [-0.15, -0.1) is 0 Å². The van der Waals surface area contributed by atoms with Crippen molar-refractivity contribution in [1.82, 2.24) is 0 Å². The standard InChI is InChI=1S/C47H56O5/c48-31-34-19-18-32(26-34)10-3-1-2-4-12-35-13-6-8-17-44(46(51)52)47(25-24-38-29-37-14-5-7-16-41(37)45(50)43(38)30-47)39-15-9-11-33(27-39)28-42(35)36-20-22-40(49)23-21-36/h5-9,11,14-16,20-23,26-27,29,32,35,38,42-44,48-50H,1-4,10,12-13,17-19,24-25,28,30-31H2,(H,51,52)/t32-,35+,38-,42-,43+,44-,47+/m1/s1. The first-order valence-electron chi connectivity index (χ1n) is 19.9. The highest BCUT2D eigenvalue weighted by molar-refractivity contribution is 5.73. The number of carboxylic acids is 1. The molecule has 4 aliphatic rings. The molecule has 1 fully saturated rings. The topological polar surface area (TPSA) is 98.0 Å². The zero-order valence-corrected chi connectivity index (χ0v) is 30.5. The summed E-state index contributed by atoms with van der Waals surface area (Å²) in [6, 6.07) is 24.6. The summed E-state index contributed by atoms with van der Waals surface area (Å²) < 4.78 is 0. The number of phenolic OH excluding ortho intramolecular Hbond substituents is 1. The highest BCUT2D eigenvalue weighted by atomic mass is 16.4. The minimum atomic E-state index is -0.760. The Bertz CT molecular complexity index is 1890. The quantitative estimate of drug-likeness (QED) is 0.125. The number of fused-ring (bicyclic) bond motifs is 5. The normalized spacial score (nSPS) is 28.6. The van der Waals surface area contributed by atoms with Gasteiger partial charge in [0.25, 0.3) is 0 Å². The van der Waals surface area contributed by atoms with Gasteiger partial charge in [-0.3, -0.25) is 4.79 Å². The van der Waals surface area contributed by atoms with Crippen LogP contribution in [0.25, 0.3) is 11.8 Å². The van der Waals surface area contributed by atoms with Gasteiger partial charge >= 0.3 is 5.97 Å². The summed E-state index contributed by atoms with van der Waals surface area (Å²) in [6.07, 6.45) is 22.7. The molecule has 2 bridgehead atoms. The van der Waals surface area contributed by atoms with E-state index in [-0.39, 0.29) is 30.1 Å². The fourth-order valence-electron chi connectivity index (χ4n) is 10.3. The molecular formula is C47H56O5. The first kappa shape index (κ1) is 36.3. The third-order valence-electron chi connectivity index (χ3n) is 13.2. The Morgan fingerprint density at radius 1 is 0.808 bits per heavy atom. The Hall–Kier alpha value is -4.09.